The minimum atomic E-state index is -0.734. The van der Waals surface area contributed by atoms with Crippen LogP contribution in [0.3, 0.4) is 0 Å². The first kappa shape index (κ1) is 22.0. The largest absolute Gasteiger partial charge is 0.454 e. The number of hydrogen-bond donors (Lipinski definition) is 1. The Hall–Kier alpha value is -3.68. The van der Waals surface area contributed by atoms with Crippen LogP contribution in [0.5, 0.6) is 0 Å². The number of rotatable bonds is 8. The second-order valence-electron chi connectivity index (χ2n) is 7.12. The van der Waals surface area contributed by atoms with Crippen LogP contribution in [0.15, 0.2) is 58.1 Å². The fourth-order valence-electron chi connectivity index (χ4n) is 3.40. The van der Waals surface area contributed by atoms with Crippen molar-refractivity contribution in [1.29, 1.82) is 0 Å². The lowest BCUT2D eigenvalue weighted by molar-refractivity contribution is -0.149. The van der Waals surface area contributed by atoms with E-state index in [1.54, 1.807) is 31.2 Å². The maximum absolute atomic E-state index is 12.7. The van der Waals surface area contributed by atoms with Crippen molar-refractivity contribution in [3.05, 3.63) is 80.5 Å². The van der Waals surface area contributed by atoms with E-state index in [9.17, 15) is 19.2 Å². The number of aryl methyl sites for hydroxylation is 1. The molecule has 0 saturated heterocycles. The Labute approximate surface area is 179 Å². The SMILES string of the molecule is CCn1c(=O)c2ccccc2n(CC(=O)OCC(=O)NCCc2ccccc2C)c1=O. The maximum Gasteiger partial charge on any atom is 0.332 e. The van der Waals surface area contributed by atoms with Gasteiger partial charge in [0.05, 0.1) is 10.9 Å². The van der Waals surface area contributed by atoms with E-state index in [0.29, 0.717) is 23.9 Å². The molecule has 8 heteroatoms. The van der Waals surface area contributed by atoms with Gasteiger partial charge >= 0.3 is 11.7 Å². The zero-order chi connectivity index (χ0) is 22.4. The average Bonchev–Trinajstić information content (AvgIpc) is 2.77. The molecule has 31 heavy (non-hydrogen) atoms. The summed E-state index contributed by atoms with van der Waals surface area (Å²) in [6.45, 7) is 3.46. The van der Waals surface area contributed by atoms with Gasteiger partial charge in [-0.3, -0.25) is 23.5 Å². The zero-order valence-electron chi connectivity index (χ0n) is 17.6. The smallest absolute Gasteiger partial charge is 0.332 e. The van der Waals surface area contributed by atoms with E-state index in [1.807, 2.05) is 31.2 Å². The van der Waals surface area contributed by atoms with Crippen LogP contribution in [-0.2, 0) is 33.8 Å². The van der Waals surface area contributed by atoms with E-state index < -0.39 is 36.3 Å². The molecule has 1 amide bonds. The highest BCUT2D eigenvalue weighted by atomic mass is 16.5. The summed E-state index contributed by atoms with van der Waals surface area (Å²) in [4.78, 5) is 49.4. The number of carbonyl (C=O) groups excluding carboxylic acids is 2. The number of esters is 1. The van der Waals surface area contributed by atoms with Gasteiger partial charge in [0, 0.05) is 13.1 Å². The Balaban J connectivity index is 1.60. The van der Waals surface area contributed by atoms with Gasteiger partial charge in [0.1, 0.15) is 6.54 Å². The van der Waals surface area contributed by atoms with E-state index in [2.05, 4.69) is 5.32 Å². The number of benzene rings is 2. The molecule has 1 N–H and O–H groups in total. The highest BCUT2D eigenvalue weighted by Crippen LogP contribution is 2.08. The Morgan fingerprint density at radius 2 is 1.71 bits per heavy atom. The molecule has 1 aromatic heterocycles. The second-order valence-corrected chi connectivity index (χ2v) is 7.12. The van der Waals surface area contributed by atoms with E-state index in [1.165, 1.54) is 4.57 Å². The third-order valence-corrected chi connectivity index (χ3v) is 5.08. The van der Waals surface area contributed by atoms with Crippen molar-refractivity contribution in [3.8, 4) is 0 Å². The minimum absolute atomic E-state index is 0.181. The molecule has 0 unspecified atom stereocenters. The molecule has 3 rings (SSSR count). The number of aromatic nitrogens is 2. The van der Waals surface area contributed by atoms with Gasteiger partial charge in [0.15, 0.2) is 6.61 Å². The Kier molecular flexibility index (Phi) is 7.02. The molecule has 1 heterocycles. The van der Waals surface area contributed by atoms with Gasteiger partial charge in [-0.2, -0.15) is 0 Å². The fourth-order valence-corrected chi connectivity index (χ4v) is 3.40. The summed E-state index contributed by atoms with van der Waals surface area (Å²) in [6.07, 6.45) is 0.673. The van der Waals surface area contributed by atoms with E-state index >= 15 is 0 Å². The first-order chi connectivity index (χ1) is 14.9. The molecule has 0 spiro atoms. The summed E-state index contributed by atoms with van der Waals surface area (Å²) in [5.74, 6) is -1.15. The number of nitrogens with one attached hydrogen (secondary N) is 1. The molecule has 0 atom stereocenters. The standard InChI is InChI=1S/C23H25N3O5/c1-3-25-22(29)18-10-6-7-11-19(18)26(23(25)30)14-21(28)31-15-20(27)24-13-12-17-9-5-4-8-16(17)2/h4-11H,3,12-15H2,1-2H3,(H,24,27). The molecule has 0 saturated carbocycles. The second kappa shape index (κ2) is 9.88. The predicted molar refractivity (Wildman–Crippen MR) is 117 cm³/mol. The summed E-state index contributed by atoms with van der Waals surface area (Å²) in [5, 5.41) is 3.05. The van der Waals surface area contributed by atoms with Crippen LogP contribution >= 0.6 is 0 Å². The highest BCUT2D eigenvalue weighted by Gasteiger charge is 2.16. The van der Waals surface area contributed by atoms with Crippen LogP contribution in [0.25, 0.3) is 10.9 Å². The molecule has 0 aliphatic rings. The lowest BCUT2D eigenvalue weighted by atomic mass is 10.1. The van der Waals surface area contributed by atoms with Crippen molar-refractivity contribution in [3.63, 3.8) is 0 Å². The van der Waals surface area contributed by atoms with Crippen molar-refractivity contribution < 1.29 is 14.3 Å². The minimum Gasteiger partial charge on any atom is -0.454 e. The van der Waals surface area contributed by atoms with Crippen LogP contribution in [0.2, 0.25) is 0 Å². The monoisotopic (exact) mass is 423 g/mol. The van der Waals surface area contributed by atoms with Gasteiger partial charge in [0.2, 0.25) is 0 Å². The van der Waals surface area contributed by atoms with Crippen molar-refractivity contribution >= 4 is 22.8 Å². The Morgan fingerprint density at radius 1 is 1.00 bits per heavy atom. The van der Waals surface area contributed by atoms with Gasteiger partial charge < -0.3 is 10.1 Å². The fraction of sp³-hybridized carbons (Fsp3) is 0.304. The topological polar surface area (TPSA) is 99.4 Å². The molecule has 0 aliphatic heterocycles. The Morgan fingerprint density at radius 3 is 2.45 bits per heavy atom. The first-order valence-corrected chi connectivity index (χ1v) is 10.1. The number of nitrogens with zero attached hydrogens (tertiary/aromatic N) is 2. The molecule has 0 radical (unpaired) electrons. The first-order valence-electron chi connectivity index (χ1n) is 10.1. The van der Waals surface area contributed by atoms with Crippen molar-refractivity contribution in [2.45, 2.75) is 33.4 Å². The van der Waals surface area contributed by atoms with Crippen LogP contribution in [0.1, 0.15) is 18.1 Å². The average molecular weight is 423 g/mol. The molecule has 0 fully saturated rings. The maximum atomic E-state index is 12.7. The van der Waals surface area contributed by atoms with Crippen molar-refractivity contribution in [2.24, 2.45) is 0 Å². The third kappa shape index (κ3) is 5.09. The lowest BCUT2D eigenvalue weighted by Crippen LogP contribution is -2.41. The molecule has 0 bridgehead atoms. The van der Waals surface area contributed by atoms with Gasteiger partial charge in [-0.15, -0.1) is 0 Å². The molecule has 0 aliphatic carbocycles. The number of para-hydroxylation sites is 1. The van der Waals surface area contributed by atoms with Gasteiger partial charge in [0.25, 0.3) is 11.5 Å². The van der Waals surface area contributed by atoms with Gasteiger partial charge in [-0.05, 0) is 43.5 Å². The van der Waals surface area contributed by atoms with Crippen LogP contribution in [-0.4, -0.2) is 34.2 Å². The predicted octanol–water partition coefficient (Wildman–Crippen LogP) is 1.39. The van der Waals surface area contributed by atoms with Crippen LogP contribution in [0, 0.1) is 6.92 Å². The summed E-state index contributed by atoms with van der Waals surface area (Å²) >= 11 is 0. The summed E-state index contributed by atoms with van der Waals surface area (Å²) in [5.41, 5.74) is 1.64. The summed E-state index contributed by atoms with van der Waals surface area (Å²) < 4.78 is 7.30. The van der Waals surface area contributed by atoms with E-state index in [4.69, 9.17) is 4.74 Å². The number of hydrogen-bond acceptors (Lipinski definition) is 5. The number of ether oxygens (including phenoxy) is 1. The Bertz CT molecular complexity index is 1230. The lowest BCUT2D eigenvalue weighted by Gasteiger charge is -2.13. The van der Waals surface area contributed by atoms with E-state index in [-0.39, 0.29) is 6.54 Å². The third-order valence-electron chi connectivity index (χ3n) is 5.08. The number of carbonyl (C=O) groups is 2. The molecule has 8 nitrogen and oxygen atoms in total. The molecule has 3 aromatic rings. The zero-order valence-corrected chi connectivity index (χ0v) is 17.6. The summed E-state index contributed by atoms with van der Waals surface area (Å²) in [6, 6.07) is 14.5. The van der Waals surface area contributed by atoms with Crippen molar-refractivity contribution in [1.82, 2.24) is 14.5 Å². The van der Waals surface area contributed by atoms with E-state index in [0.717, 1.165) is 15.7 Å². The number of amides is 1. The van der Waals surface area contributed by atoms with Crippen molar-refractivity contribution in [2.75, 3.05) is 13.2 Å². The summed E-state index contributed by atoms with van der Waals surface area (Å²) in [7, 11) is 0. The molecular weight excluding hydrogens is 398 g/mol. The van der Waals surface area contributed by atoms with Gasteiger partial charge in [-0.25, -0.2) is 4.79 Å². The van der Waals surface area contributed by atoms with Crippen LogP contribution in [0.4, 0.5) is 0 Å². The van der Waals surface area contributed by atoms with Gasteiger partial charge in [-0.1, -0.05) is 36.4 Å². The highest BCUT2D eigenvalue weighted by molar-refractivity contribution is 5.82. The number of fused-ring (bicyclic) bond motifs is 1. The molecular formula is C23H25N3O5. The quantitative estimate of drug-likeness (QED) is 0.552. The normalized spacial score (nSPS) is 10.8. The molecule has 2 aromatic carbocycles. The molecule has 162 valence electrons. The van der Waals surface area contributed by atoms with Crippen LogP contribution < -0.4 is 16.6 Å².